The summed E-state index contributed by atoms with van der Waals surface area (Å²) in [6, 6.07) is 7.59. The molecule has 1 aromatic carbocycles. The molecule has 0 fully saturated rings. The minimum Gasteiger partial charge on any atom is -0.431 e. The minimum absolute atomic E-state index is 0.345. The summed E-state index contributed by atoms with van der Waals surface area (Å²) in [6.07, 6.45) is 1.58. The molecule has 0 aliphatic carbocycles. The molecule has 128 valence electrons. The van der Waals surface area contributed by atoms with E-state index < -0.39 is 0 Å². The van der Waals surface area contributed by atoms with Crippen LogP contribution in [0, 0.1) is 0 Å². The number of oxazole rings is 1. The van der Waals surface area contributed by atoms with Crippen LogP contribution in [0.4, 0.5) is 0 Å². The maximum absolute atomic E-state index is 12.4. The molecule has 0 unspecified atom stereocenters. The maximum atomic E-state index is 12.4. The lowest BCUT2D eigenvalue weighted by Gasteiger charge is -2.05. The minimum atomic E-state index is -0.386. The second kappa shape index (κ2) is 5.92. The first-order valence-electron chi connectivity index (χ1n) is 7.65. The van der Waals surface area contributed by atoms with Crippen LogP contribution in [0.2, 0.25) is 0 Å². The highest BCUT2D eigenvalue weighted by Crippen LogP contribution is 2.23. The second-order valence-electron chi connectivity index (χ2n) is 5.61. The Balaban J connectivity index is 1.59. The van der Waals surface area contributed by atoms with Crippen LogP contribution < -0.4 is 11.2 Å². The van der Waals surface area contributed by atoms with Crippen molar-refractivity contribution in [3.05, 3.63) is 51.4 Å². The molecule has 0 saturated carbocycles. The summed E-state index contributed by atoms with van der Waals surface area (Å²) in [5, 5.41) is 0.589. The summed E-state index contributed by atoms with van der Waals surface area (Å²) in [7, 11) is 3.07. The third-order valence-electron chi connectivity index (χ3n) is 4.05. The molecule has 0 aliphatic rings. The molecule has 9 heteroatoms. The Morgan fingerprint density at radius 2 is 1.96 bits per heavy atom. The average molecular weight is 357 g/mol. The van der Waals surface area contributed by atoms with Gasteiger partial charge >= 0.3 is 5.69 Å². The van der Waals surface area contributed by atoms with Gasteiger partial charge in [0.2, 0.25) is 0 Å². The first kappa shape index (κ1) is 15.7. The lowest BCUT2D eigenvalue weighted by atomic mass is 10.3. The number of nitrogens with zero attached hydrogens (tertiary/aromatic N) is 5. The van der Waals surface area contributed by atoms with Gasteiger partial charge in [0.1, 0.15) is 5.52 Å². The molecule has 0 atom stereocenters. The van der Waals surface area contributed by atoms with Crippen LogP contribution >= 0.6 is 11.8 Å². The molecule has 0 amide bonds. The molecule has 0 saturated heterocycles. The van der Waals surface area contributed by atoms with Gasteiger partial charge in [-0.2, -0.15) is 0 Å². The lowest BCUT2D eigenvalue weighted by molar-refractivity contribution is 0.489. The van der Waals surface area contributed by atoms with Gasteiger partial charge in [0.15, 0.2) is 16.7 Å². The summed E-state index contributed by atoms with van der Waals surface area (Å²) < 4.78 is 9.89. The van der Waals surface area contributed by atoms with E-state index in [0.29, 0.717) is 28.7 Å². The van der Waals surface area contributed by atoms with Crippen molar-refractivity contribution in [1.82, 2.24) is 23.7 Å². The Kier molecular flexibility index (Phi) is 3.72. The number of fused-ring (bicyclic) bond motifs is 2. The van der Waals surface area contributed by atoms with Crippen LogP contribution in [0.15, 0.2) is 49.8 Å². The number of hydrogen-bond acceptors (Lipinski definition) is 6. The fourth-order valence-corrected chi connectivity index (χ4v) is 3.48. The van der Waals surface area contributed by atoms with E-state index in [-0.39, 0.29) is 11.2 Å². The molecule has 0 spiro atoms. The molecular formula is C16H15N5O3S. The van der Waals surface area contributed by atoms with E-state index in [2.05, 4.69) is 9.97 Å². The Hall–Kier alpha value is -2.81. The number of rotatable bonds is 4. The Morgan fingerprint density at radius 3 is 2.76 bits per heavy atom. The van der Waals surface area contributed by atoms with E-state index in [1.807, 2.05) is 24.3 Å². The number of aromatic nitrogens is 5. The van der Waals surface area contributed by atoms with Crippen LogP contribution in [0.25, 0.3) is 22.3 Å². The predicted molar refractivity (Wildman–Crippen MR) is 94.9 cm³/mol. The van der Waals surface area contributed by atoms with Gasteiger partial charge in [-0.15, -0.1) is 0 Å². The van der Waals surface area contributed by atoms with Crippen molar-refractivity contribution in [2.45, 2.75) is 11.8 Å². The maximum Gasteiger partial charge on any atom is 0.332 e. The molecular weight excluding hydrogens is 342 g/mol. The third kappa shape index (κ3) is 2.56. The zero-order chi connectivity index (χ0) is 17.6. The van der Waals surface area contributed by atoms with E-state index in [9.17, 15) is 9.59 Å². The van der Waals surface area contributed by atoms with Gasteiger partial charge in [0.05, 0.1) is 6.33 Å². The molecule has 3 aromatic heterocycles. The van der Waals surface area contributed by atoms with Crippen molar-refractivity contribution in [2.75, 3.05) is 5.75 Å². The average Bonchev–Trinajstić information content (AvgIpc) is 3.22. The summed E-state index contributed by atoms with van der Waals surface area (Å²) >= 11 is 1.47. The first-order chi connectivity index (χ1) is 12.1. The van der Waals surface area contributed by atoms with E-state index in [1.54, 1.807) is 17.9 Å². The largest absolute Gasteiger partial charge is 0.431 e. The molecule has 0 aliphatic heterocycles. The van der Waals surface area contributed by atoms with Crippen LogP contribution in [-0.4, -0.2) is 29.4 Å². The van der Waals surface area contributed by atoms with Crippen molar-refractivity contribution in [2.24, 2.45) is 14.1 Å². The third-order valence-corrected chi connectivity index (χ3v) is 4.86. The number of benzene rings is 1. The molecule has 3 heterocycles. The first-order valence-corrected chi connectivity index (χ1v) is 8.64. The SMILES string of the molecule is Cn1c(=O)c2c(ncn2CCSc2nc3ccccc3o2)n(C)c1=O. The highest BCUT2D eigenvalue weighted by molar-refractivity contribution is 7.99. The highest BCUT2D eigenvalue weighted by Gasteiger charge is 2.14. The lowest BCUT2D eigenvalue weighted by Crippen LogP contribution is -2.37. The van der Waals surface area contributed by atoms with E-state index in [4.69, 9.17) is 4.42 Å². The molecule has 25 heavy (non-hydrogen) atoms. The van der Waals surface area contributed by atoms with E-state index >= 15 is 0 Å². The Bertz CT molecular complexity index is 1170. The van der Waals surface area contributed by atoms with Crippen LogP contribution in [-0.2, 0) is 20.6 Å². The Labute approximate surface area is 145 Å². The quantitative estimate of drug-likeness (QED) is 0.513. The standard InChI is InChI=1S/C16H15N5O3S/c1-19-13-12(14(22)20(2)16(19)23)21(9-17-13)7-8-25-15-18-10-5-3-4-6-11(10)24-15/h3-6,9H,7-8H2,1-2H3. The van der Waals surface area contributed by atoms with E-state index in [0.717, 1.165) is 15.7 Å². The van der Waals surface area contributed by atoms with Gasteiger partial charge in [-0.05, 0) is 12.1 Å². The normalized spacial score (nSPS) is 11.6. The fourth-order valence-electron chi connectivity index (χ4n) is 2.71. The van der Waals surface area contributed by atoms with Gasteiger partial charge in [0, 0.05) is 26.4 Å². The zero-order valence-corrected chi connectivity index (χ0v) is 14.5. The molecule has 4 rings (SSSR count). The molecule has 8 nitrogen and oxygen atoms in total. The highest BCUT2D eigenvalue weighted by atomic mass is 32.2. The topological polar surface area (TPSA) is 87.8 Å². The summed E-state index contributed by atoms with van der Waals surface area (Å²) in [5.41, 5.74) is 1.65. The Morgan fingerprint density at radius 1 is 1.16 bits per heavy atom. The molecule has 4 aromatic rings. The second-order valence-corrected chi connectivity index (χ2v) is 6.66. The number of aryl methyl sites for hydroxylation is 2. The fraction of sp³-hybridized carbons (Fsp3) is 0.250. The number of hydrogen-bond donors (Lipinski definition) is 0. The smallest absolute Gasteiger partial charge is 0.332 e. The van der Waals surface area contributed by atoms with Crippen molar-refractivity contribution >= 4 is 34.0 Å². The van der Waals surface area contributed by atoms with Crippen LogP contribution in [0.3, 0.4) is 0 Å². The number of para-hydroxylation sites is 2. The van der Waals surface area contributed by atoms with Crippen molar-refractivity contribution in [3.63, 3.8) is 0 Å². The van der Waals surface area contributed by atoms with E-state index in [1.165, 1.54) is 23.4 Å². The molecule has 0 bridgehead atoms. The van der Waals surface area contributed by atoms with Gasteiger partial charge in [-0.1, -0.05) is 23.9 Å². The van der Waals surface area contributed by atoms with Crippen LogP contribution in [0.1, 0.15) is 0 Å². The van der Waals surface area contributed by atoms with Crippen molar-refractivity contribution in [1.29, 1.82) is 0 Å². The molecule has 0 radical (unpaired) electrons. The van der Waals surface area contributed by atoms with Crippen LogP contribution in [0.5, 0.6) is 0 Å². The summed E-state index contributed by atoms with van der Waals surface area (Å²) in [6.45, 7) is 0.549. The van der Waals surface area contributed by atoms with Crippen molar-refractivity contribution < 1.29 is 4.42 Å². The van der Waals surface area contributed by atoms with Gasteiger partial charge in [0.25, 0.3) is 10.8 Å². The number of imidazole rings is 1. The summed E-state index contributed by atoms with van der Waals surface area (Å²) in [4.78, 5) is 33.0. The van der Waals surface area contributed by atoms with Crippen molar-refractivity contribution in [3.8, 4) is 0 Å². The van der Waals surface area contributed by atoms with Gasteiger partial charge in [-0.25, -0.2) is 14.8 Å². The number of thioether (sulfide) groups is 1. The van der Waals surface area contributed by atoms with Gasteiger partial charge in [-0.3, -0.25) is 13.9 Å². The molecule has 0 N–H and O–H groups in total. The van der Waals surface area contributed by atoms with Gasteiger partial charge < -0.3 is 8.98 Å². The monoisotopic (exact) mass is 357 g/mol. The summed E-state index contributed by atoms with van der Waals surface area (Å²) in [5.74, 6) is 0.657. The predicted octanol–water partition coefficient (Wildman–Crippen LogP) is 1.37. The zero-order valence-electron chi connectivity index (χ0n) is 13.7.